The van der Waals surface area contributed by atoms with Gasteiger partial charge in [-0.25, -0.2) is 9.97 Å². The molecule has 0 fully saturated rings. The van der Waals surface area contributed by atoms with E-state index in [0.29, 0.717) is 5.95 Å². The molecular weight excluding hydrogens is 633 g/mol. The first-order valence-electron chi connectivity index (χ1n) is 18.0. The molecule has 244 valence electrons. The molecule has 0 saturated heterocycles. The van der Waals surface area contributed by atoms with E-state index in [1.165, 1.54) is 60.5 Å². The zero-order valence-electron chi connectivity index (χ0n) is 28.4. The second kappa shape index (κ2) is 11.4. The summed E-state index contributed by atoms with van der Waals surface area (Å²) < 4.78 is 4.69. The van der Waals surface area contributed by atoms with Crippen LogP contribution >= 0.6 is 0 Å². The average molecular weight is 665 g/mol. The Balaban J connectivity index is 1.19. The van der Waals surface area contributed by atoms with E-state index in [9.17, 15) is 0 Å². The molecule has 0 bridgehead atoms. The quantitative estimate of drug-likeness (QED) is 0.188. The first-order valence-corrected chi connectivity index (χ1v) is 18.0. The van der Waals surface area contributed by atoms with Gasteiger partial charge in [0, 0.05) is 38.5 Å². The zero-order chi connectivity index (χ0) is 34.2. The minimum Gasteiger partial charge on any atom is -0.310 e. The van der Waals surface area contributed by atoms with Crippen molar-refractivity contribution in [3.8, 4) is 34.0 Å². The van der Waals surface area contributed by atoms with Crippen molar-refractivity contribution >= 4 is 60.5 Å². The van der Waals surface area contributed by atoms with Crippen LogP contribution in [0, 0.1) is 0 Å². The monoisotopic (exact) mass is 664 g/mol. The van der Waals surface area contributed by atoms with Crippen LogP contribution in [0.3, 0.4) is 0 Å². The van der Waals surface area contributed by atoms with Gasteiger partial charge in [-0.05, 0) is 82.8 Å². The second-order valence-corrected chi connectivity index (χ2v) is 13.7. The van der Waals surface area contributed by atoms with Crippen molar-refractivity contribution in [2.75, 3.05) is 0 Å². The van der Waals surface area contributed by atoms with Gasteiger partial charge in [-0.1, -0.05) is 127 Å². The van der Waals surface area contributed by atoms with Crippen molar-refractivity contribution in [2.24, 2.45) is 0 Å². The number of hydrogen-bond donors (Lipinski definition) is 0. The summed E-state index contributed by atoms with van der Waals surface area (Å²) in [6.45, 7) is 0. The number of aryl methyl sites for hydroxylation is 1. The van der Waals surface area contributed by atoms with Crippen LogP contribution in [0.2, 0.25) is 0 Å². The molecule has 11 rings (SSSR count). The van der Waals surface area contributed by atoms with Crippen molar-refractivity contribution in [1.82, 2.24) is 19.1 Å². The first-order chi connectivity index (χ1) is 25.8. The number of nitrogens with zero attached hydrogens (tertiary/aromatic N) is 4. The van der Waals surface area contributed by atoms with Gasteiger partial charge in [0.15, 0.2) is 0 Å². The van der Waals surface area contributed by atoms with Crippen LogP contribution in [0.1, 0.15) is 17.7 Å². The summed E-state index contributed by atoms with van der Waals surface area (Å²) in [5, 5.41) is 7.10. The zero-order valence-corrected chi connectivity index (χ0v) is 28.4. The Labute approximate surface area is 300 Å². The minimum absolute atomic E-state index is 0.668. The standard InChI is InChI=1S/C48H32N4/c1-2-16-33(17-3-1)51-43-26-11-8-21-40(43)46-35(22-13-27-44(46)51)32-28-29-37-36-19-7-10-25-42(36)52(45(37)30-32)48-49-41-24-9-6-20-39(41)47(50-48)38-23-12-15-31-14-4-5-18-34(31)38/h1-7,9-20,22-30H,8,21H2. The average Bonchev–Trinajstić information content (AvgIpc) is 3.73. The lowest BCUT2D eigenvalue weighted by Gasteiger charge is -2.14. The number of rotatable bonds is 4. The van der Waals surface area contributed by atoms with Crippen molar-refractivity contribution in [1.29, 1.82) is 0 Å². The highest BCUT2D eigenvalue weighted by atomic mass is 15.2. The molecule has 3 aromatic heterocycles. The molecule has 0 radical (unpaired) electrons. The maximum Gasteiger partial charge on any atom is 0.235 e. The normalized spacial score (nSPS) is 12.8. The summed E-state index contributed by atoms with van der Waals surface area (Å²) in [6, 6.07) is 56.5. The molecule has 3 heterocycles. The van der Waals surface area contributed by atoms with Crippen LogP contribution in [0.25, 0.3) is 94.5 Å². The van der Waals surface area contributed by atoms with Crippen LogP contribution < -0.4 is 0 Å². The van der Waals surface area contributed by atoms with Crippen LogP contribution in [0.4, 0.5) is 0 Å². The number of allylic oxidation sites excluding steroid dienone is 1. The molecule has 4 heteroatoms. The van der Waals surface area contributed by atoms with Crippen molar-refractivity contribution in [3.05, 3.63) is 175 Å². The summed E-state index contributed by atoms with van der Waals surface area (Å²) in [4.78, 5) is 10.7. The first kappa shape index (κ1) is 29.0. The van der Waals surface area contributed by atoms with E-state index in [-0.39, 0.29) is 0 Å². The maximum atomic E-state index is 5.45. The van der Waals surface area contributed by atoms with Gasteiger partial charge >= 0.3 is 0 Å². The van der Waals surface area contributed by atoms with Crippen molar-refractivity contribution < 1.29 is 0 Å². The van der Waals surface area contributed by atoms with Gasteiger partial charge in [0.1, 0.15) is 0 Å². The van der Waals surface area contributed by atoms with Gasteiger partial charge in [0.25, 0.3) is 0 Å². The van der Waals surface area contributed by atoms with E-state index in [0.717, 1.165) is 46.0 Å². The summed E-state index contributed by atoms with van der Waals surface area (Å²) in [7, 11) is 0. The highest BCUT2D eigenvalue weighted by Crippen LogP contribution is 2.42. The number of hydrogen-bond acceptors (Lipinski definition) is 2. The summed E-state index contributed by atoms with van der Waals surface area (Å²) in [5.74, 6) is 0.668. The van der Waals surface area contributed by atoms with E-state index >= 15 is 0 Å². The van der Waals surface area contributed by atoms with Gasteiger partial charge in [-0.15, -0.1) is 0 Å². The molecule has 1 aliphatic carbocycles. The second-order valence-electron chi connectivity index (χ2n) is 13.7. The molecule has 1 aliphatic rings. The summed E-state index contributed by atoms with van der Waals surface area (Å²) >= 11 is 0. The molecular formula is C48H32N4. The van der Waals surface area contributed by atoms with E-state index in [1.54, 1.807) is 0 Å². The molecule has 0 spiro atoms. The third kappa shape index (κ3) is 4.28. The van der Waals surface area contributed by atoms with Gasteiger partial charge in [-0.3, -0.25) is 4.57 Å². The predicted molar refractivity (Wildman–Crippen MR) is 216 cm³/mol. The third-order valence-corrected chi connectivity index (χ3v) is 10.8. The Kier molecular flexibility index (Phi) is 6.34. The number of fused-ring (bicyclic) bond motifs is 8. The number of aromatic nitrogens is 4. The molecule has 7 aromatic carbocycles. The fourth-order valence-electron chi connectivity index (χ4n) is 8.54. The molecule has 0 unspecified atom stereocenters. The molecule has 0 atom stereocenters. The van der Waals surface area contributed by atoms with Crippen LogP contribution in [-0.4, -0.2) is 19.1 Å². The fourth-order valence-corrected chi connectivity index (χ4v) is 8.54. The Hall–Kier alpha value is -6.78. The largest absolute Gasteiger partial charge is 0.310 e. The smallest absolute Gasteiger partial charge is 0.235 e. The number of benzene rings is 7. The lowest BCUT2D eigenvalue weighted by atomic mass is 9.94. The van der Waals surface area contributed by atoms with Crippen LogP contribution in [0.5, 0.6) is 0 Å². The highest BCUT2D eigenvalue weighted by Gasteiger charge is 2.23. The molecule has 52 heavy (non-hydrogen) atoms. The SMILES string of the molecule is C1=Cc2c(c3c(-c4ccc5c6ccccc6n(-c6nc(-c7cccc8ccccc78)c7ccccc7n6)c5c4)cccc3n2-c2ccccc2)CC1. The van der Waals surface area contributed by atoms with Gasteiger partial charge in [0.2, 0.25) is 5.95 Å². The lowest BCUT2D eigenvalue weighted by molar-refractivity contribution is 0.968. The molecule has 10 aromatic rings. The molecule has 0 aliphatic heterocycles. The molecule has 0 amide bonds. The van der Waals surface area contributed by atoms with Crippen LogP contribution in [-0.2, 0) is 6.42 Å². The molecule has 0 N–H and O–H groups in total. The van der Waals surface area contributed by atoms with Gasteiger partial charge in [-0.2, -0.15) is 0 Å². The van der Waals surface area contributed by atoms with E-state index in [2.05, 4.69) is 179 Å². The molecule has 0 saturated carbocycles. The maximum absolute atomic E-state index is 5.45. The molecule has 4 nitrogen and oxygen atoms in total. The fraction of sp³-hybridized carbons (Fsp3) is 0.0417. The predicted octanol–water partition coefficient (Wildman–Crippen LogP) is 12.1. The highest BCUT2D eigenvalue weighted by molar-refractivity contribution is 6.12. The lowest BCUT2D eigenvalue weighted by Crippen LogP contribution is -2.03. The summed E-state index contributed by atoms with van der Waals surface area (Å²) in [5.41, 5.74) is 12.7. The Morgan fingerprint density at radius 2 is 1.21 bits per heavy atom. The van der Waals surface area contributed by atoms with E-state index in [4.69, 9.17) is 9.97 Å². The Bertz CT molecular complexity index is 3070. The van der Waals surface area contributed by atoms with E-state index in [1.807, 2.05) is 0 Å². The van der Waals surface area contributed by atoms with Gasteiger partial charge < -0.3 is 4.57 Å². The van der Waals surface area contributed by atoms with Gasteiger partial charge in [0.05, 0.1) is 27.8 Å². The Morgan fingerprint density at radius 3 is 2.13 bits per heavy atom. The Morgan fingerprint density at radius 1 is 0.500 bits per heavy atom. The van der Waals surface area contributed by atoms with Crippen molar-refractivity contribution in [3.63, 3.8) is 0 Å². The van der Waals surface area contributed by atoms with Crippen molar-refractivity contribution in [2.45, 2.75) is 12.8 Å². The van der Waals surface area contributed by atoms with Crippen LogP contribution in [0.15, 0.2) is 164 Å². The summed E-state index contributed by atoms with van der Waals surface area (Å²) in [6.07, 6.45) is 6.67. The minimum atomic E-state index is 0.668. The van der Waals surface area contributed by atoms with E-state index < -0.39 is 0 Å². The number of para-hydroxylation sites is 3. The third-order valence-electron chi connectivity index (χ3n) is 10.8. The topological polar surface area (TPSA) is 35.6 Å².